The van der Waals surface area contributed by atoms with Gasteiger partial charge in [-0.1, -0.05) is 12.1 Å². The lowest BCUT2D eigenvalue weighted by atomic mass is 9.97. The minimum atomic E-state index is 0.391. The van der Waals surface area contributed by atoms with Crippen LogP contribution in [0.25, 0.3) is 0 Å². The van der Waals surface area contributed by atoms with Crippen molar-refractivity contribution in [2.24, 2.45) is 4.99 Å². The van der Waals surface area contributed by atoms with Gasteiger partial charge >= 0.3 is 0 Å². The number of aromatic nitrogens is 1. The van der Waals surface area contributed by atoms with Crippen molar-refractivity contribution in [3.05, 3.63) is 58.8 Å². The van der Waals surface area contributed by atoms with Crippen LogP contribution in [0.3, 0.4) is 0 Å². The number of pyridine rings is 1. The summed E-state index contributed by atoms with van der Waals surface area (Å²) in [5.74, 6) is 1.01. The van der Waals surface area contributed by atoms with E-state index in [2.05, 4.69) is 45.1 Å². The average molecular weight is 378 g/mol. The van der Waals surface area contributed by atoms with Crippen LogP contribution in [-0.4, -0.2) is 68.2 Å². The molecular weight excluding hydrogens is 352 g/mol. The second-order valence-corrected chi connectivity index (χ2v) is 7.71. The van der Waals surface area contributed by atoms with Crippen LogP contribution in [0.2, 0.25) is 0 Å². The Morgan fingerprint density at radius 3 is 2.82 bits per heavy atom. The summed E-state index contributed by atoms with van der Waals surface area (Å²) in [4.78, 5) is 14.1. The summed E-state index contributed by atoms with van der Waals surface area (Å²) in [5.41, 5.74) is 6.15. The van der Waals surface area contributed by atoms with Crippen LogP contribution in [0.4, 0.5) is 5.82 Å². The molecule has 0 unspecified atom stereocenters. The van der Waals surface area contributed by atoms with Crippen LogP contribution in [0.1, 0.15) is 22.3 Å². The van der Waals surface area contributed by atoms with Gasteiger partial charge < -0.3 is 14.4 Å². The first-order chi connectivity index (χ1) is 13.8. The van der Waals surface area contributed by atoms with Gasteiger partial charge in [0.2, 0.25) is 0 Å². The Morgan fingerprint density at radius 2 is 2.00 bits per heavy atom. The summed E-state index contributed by atoms with van der Waals surface area (Å²) >= 11 is 0. The maximum atomic E-state index is 5.47. The van der Waals surface area contributed by atoms with E-state index in [1.54, 1.807) is 7.11 Å². The van der Waals surface area contributed by atoms with E-state index in [4.69, 9.17) is 14.5 Å². The summed E-state index contributed by atoms with van der Waals surface area (Å²) in [5, 5.41) is 0. The molecule has 0 amide bonds. The van der Waals surface area contributed by atoms with Crippen molar-refractivity contribution in [1.82, 2.24) is 9.88 Å². The normalized spacial score (nSPS) is 20.0. The molecule has 0 atom stereocenters. The molecule has 2 fully saturated rings. The lowest BCUT2D eigenvalue weighted by molar-refractivity contribution is -0.0333. The molecule has 0 bridgehead atoms. The molecule has 0 spiro atoms. The minimum absolute atomic E-state index is 0.391. The number of rotatable bonds is 5. The predicted octanol–water partition coefficient (Wildman–Crippen LogP) is 2.10. The van der Waals surface area contributed by atoms with E-state index in [0.29, 0.717) is 6.10 Å². The molecule has 1 aromatic carbocycles. The van der Waals surface area contributed by atoms with E-state index in [9.17, 15) is 0 Å². The maximum Gasteiger partial charge on any atom is 0.129 e. The summed E-state index contributed by atoms with van der Waals surface area (Å²) < 4.78 is 10.9. The molecule has 3 aliphatic rings. The van der Waals surface area contributed by atoms with Gasteiger partial charge in [-0.3, -0.25) is 9.89 Å². The Morgan fingerprint density at radius 1 is 1.14 bits per heavy atom. The zero-order valence-electron chi connectivity index (χ0n) is 16.3. The first-order valence-electron chi connectivity index (χ1n) is 10.0. The Balaban J connectivity index is 1.36. The third kappa shape index (κ3) is 3.43. The SMILES string of the molecule is COC1CN(Cc2ccc3c(c2)C(c2ccnc(N4CCOCC4)c2)=NC3)C1. The lowest BCUT2D eigenvalue weighted by Crippen LogP contribution is -2.50. The highest BCUT2D eigenvalue weighted by Crippen LogP contribution is 2.27. The molecule has 3 aliphatic heterocycles. The van der Waals surface area contributed by atoms with Crippen LogP contribution in [0.15, 0.2) is 41.5 Å². The van der Waals surface area contributed by atoms with Crippen molar-refractivity contribution in [2.75, 3.05) is 51.4 Å². The highest BCUT2D eigenvalue weighted by atomic mass is 16.5. The number of morpholine rings is 1. The highest BCUT2D eigenvalue weighted by Gasteiger charge is 2.27. The molecule has 6 heteroatoms. The zero-order chi connectivity index (χ0) is 18.9. The molecule has 2 saturated heterocycles. The van der Waals surface area contributed by atoms with Crippen LogP contribution in [0.5, 0.6) is 0 Å². The van der Waals surface area contributed by atoms with Gasteiger partial charge in [0.05, 0.1) is 31.6 Å². The van der Waals surface area contributed by atoms with E-state index in [1.165, 1.54) is 16.7 Å². The molecule has 0 saturated carbocycles. The number of anilines is 1. The van der Waals surface area contributed by atoms with Gasteiger partial charge in [0, 0.05) is 57.2 Å². The average Bonchev–Trinajstić information content (AvgIpc) is 3.14. The van der Waals surface area contributed by atoms with Crippen molar-refractivity contribution in [3.8, 4) is 0 Å². The van der Waals surface area contributed by atoms with E-state index >= 15 is 0 Å². The molecule has 0 N–H and O–H groups in total. The van der Waals surface area contributed by atoms with Gasteiger partial charge in [-0.2, -0.15) is 0 Å². The number of hydrogen-bond acceptors (Lipinski definition) is 6. The van der Waals surface area contributed by atoms with E-state index in [1.807, 2.05) is 6.20 Å². The van der Waals surface area contributed by atoms with Gasteiger partial charge in [-0.25, -0.2) is 4.98 Å². The Kier molecular flexibility index (Phi) is 4.84. The Labute approximate surface area is 165 Å². The first kappa shape index (κ1) is 17.8. The maximum absolute atomic E-state index is 5.47. The molecule has 1 aromatic heterocycles. The van der Waals surface area contributed by atoms with E-state index < -0.39 is 0 Å². The Hall–Kier alpha value is -2.28. The highest BCUT2D eigenvalue weighted by molar-refractivity contribution is 6.15. The fourth-order valence-electron chi connectivity index (χ4n) is 4.17. The summed E-state index contributed by atoms with van der Waals surface area (Å²) in [6.07, 6.45) is 2.29. The van der Waals surface area contributed by atoms with Gasteiger partial charge in [0.15, 0.2) is 0 Å². The van der Waals surface area contributed by atoms with Crippen molar-refractivity contribution in [3.63, 3.8) is 0 Å². The number of nitrogens with zero attached hydrogens (tertiary/aromatic N) is 4. The molecule has 146 valence electrons. The number of methoxy groups -OCH3 is 1. The molecule has 2 aromatic rings. The zero-order valence-corrected chi connectivity index (χ0v) is 16.3. The second kappa shape index (κ2) is 7.62. The number of likely N-dealkylation sites (tertiary alicyclic amines) is 1. The summed E-state index contributed by atoms with van der Waals surface area (Å²) in [6, 6.07) is 11.0. The molecule has 0 aliphatic carbocycles. The second-order valence-electron chi connectivity index (χ2n) is 7.71. The predicted molar refractivity (Wildman–Crippen MR) is 109 cm³/mol. The van der Waals surface area contributed by atoms with Crippen LogP contribution >= 0.6 is 0 Å². The fraction of sp³-hybridized carbons (Fsp3) is 0.455. The summed E-state index contributed by atoms with van der Waals surface area (Å²) in [6.45, 7) is 7.07. The monoisotopic (exact) mass is 378 g/mol. The van der Waals surface area contributed by atoms with Gasteiger partial charge in [-0.15, -0.1) is 0 Å². The fourth-order valence-corrected chi connectivity index (χ4v) is 4.17. The number of ether oxygens (including phenoxy) is 2. The quantitative estimate of drug-likeness (QED) is 0.798. The molecule has 4 heterocycles. The molecule has 5 rings (SSSR count). The van der Waals surface area contributed by atoms with Crippen LogP contribution in [-0.2, 0) is 22.6 Å². The van der Waals surface area contributed by atoms with Crippen LogP contribution in [0, 0.1) is 0 Å². The van der Waals surface area contributed by atoms with Crippen LogP contribution < -0.4 is 4.90 Å². The van der Waals surface area contributed by atoms with E-state index in [0.717, 1.165) is 69.6 Å². The molecular formula is C22H26N4O2. The third-order valence-corrected chi connectivity index (χ3v) is 5.85. The minimum Gasteiger partial charge on any atom is -0.379 e. The number of benzene rings is 1. The summed E-state index contributed by atoms with van der Waals surface area (Å²) in [7, 11) is 1.79. The van der Waals surface area contributed by atoms with Gasteiger partial charge in [-0.05, 0) is 29.3 Å². The van der Waals surface area contributed by atoms with Crippen molar-refractivity contribution >= 4 is 11.5 Å². The van der Waals surface area contributed by atoms with Crippen molar-refractivity contribution in [1.29, 1.82) is 0 Å². The molecule has 6 nitrogen and oxygen atoms in total. The standard InChI is InChI=1S/C22H26N4O2/c1-27-19-14-25(15-19)13-16-2-3-18-12-24-22(20(18)10-16)17-4-5-23-21(11-17)26-6-8-28-9-7-26/h2-5,10-11,19H,6-9,12-15H2,1H3. The Bertz CT molecular complexity index is 886. The van der Waals surface area contributed by atoms with Gasteiger partial charge in [0.1, 0.15) is 5.82 Å². The molecule has 28 heavy (non-hydrogen) atoms. The number of fused-ring (bicyclic) bond motifs is 1. The number of aliphatic imine (C=N–C) groups is 1. The molecule has 0 radical (unpaired) electrons. The van der Waals surface area contributed by atoms with E-state index in [-0.39, 0.29) is 0 Å². The lowest BCUT2D eigenvalue weighted by Gasteiger charge is -2.38. The topological polar surface area (TPSA) is 50.2 Å². The van der Waals surface area contributed by atoms with Crippen molar-refractivity contribution < 1.29 is 9.47 Å². The first-order valence-corrected chi connectivity index (χ1v) is 10.0. The largest absolute Gasteiger partial charge is 0.379 e. The number of hydrogen-bond donors (Lipinski definition) is 0. The van der Waals surface area contributed by atoms with Crippen molar-refractivity contribution in [2.45, 2.75) is 19.2 Å². The van der Waals surface area contributed by atoms with Gasteiger partial charge in [0.25, 0.3) is 0 Å². The smallest absolute Gasteiger partial charge is 0.129 e. The third-order valence-electron chi connectivity index (χ3n) is 5.85.